The lowest BCUT2D eigenvalue weighted by molar-refractivity contribution is -0.134. The Kier molecular flexibility index (Phi) is 5.71. The van der Waals surface area contributed by atoms with Crippen molar-refractivity contribution < 1.29 is 14.6 Å². The zero-order valence-corrected chi connectivity index (χ0v) is 15.4. The molecule has 2 aromatic rings. The van der Waals surface area contributed by atoms with Crippen LogP contribution in [0.3, 0.4) is 0 Å². The number of hydrazone groups is 1. The van der Waals surface area contributed by atoms with Crippen LogP contribution in [-0.4, -0.2) is 22.3 Å². The second-order valence-electron chi connectivity index (χ2n) is 5.99. The van der Waals surface area contributed by atoms with Gasteiger partial charge in [0, 0.05) is 17.3 Å². The minimum absolute atomic E-state index is 0.0161. The number of fused-ring (bicyclic) bond motifs is 1. The van der Waals surface area contributed by atoms with Gasteiger partial charge in [-0.15, -0.1) is 0 Å². The summed E-state index contributed by atoms with van der Waals surface area (Å²) in [5.74, 6) is -0.763. The van der Waals surface area contributed by atoms with Gasteiger partial charge in [-0.1, -0.05) is 67.6 Å². The van der Waals surface area contributed by atoms with E-state index in [0.29, 0.717) is 5.76 Å². The quantitative estimate of drug-likeness (QED) is 0.755. The molecule has 0 atom stereocenters. The summed E-state index contributed by atoms with van der Waals surface area (Å²) < 4.78 is 6.03. The van der Waals surface area contributed by atoms with Gasteiger partial charge in [-0.25, -0.2) is 9.80 Å². The van der Waals surface area contributed by atoms with Crippen LogP contribution < -0.4 is 0 Å². The molecule has 27 heavy (non-hydrogen) atoms. The van der Waals surface area contributed by atoms with Gasteiger partial charge in [0.25, 0.3) is 0 Å². The first-order valence-electron chi connectivity index (χ1n) is 8.90. The minimum atomic E-state index is -1.08. The van der Waals surface area contributed by atoms with Crippen molar-refractivity contribution in [1.82, 2.24) is 5.01 Å². The largest absolute Gasteiger partial charge is 0.486 e. The topological polar surface area (TPSA) is 62.1 Å². The summed E-state index contributed by atoms with van der Waals surface area (Å²) >= 11 is 0. The summed E-state index contributed by atoms with van der Waals surface area (Å²) in [6.45, 7) is 4.04. The van der Waals surface area contributed by atoms with E-state index in [0.717, 1.165) is 28.8 Å². The van der Waals surface area contributed by atoms with Crippen LogP contribution in [0.15, 0.2) is 71.5 Å². The lowest BCUT2D eigenvalue weighted by Gasteiger charge is -2.31. The predicted octanol–water partition coefficient (Wildman–Crippen LogP) is 4.73. The second-order valence-corrected chi connectivity index (χ2v) is 5.99. The Hall–Kier alpha value is -3.34. The molecule has 3 rings (SSSR count). The fourth-order valence-electron chi connectivity index (χ4n) is 3.05. The van der Waals surface area contributed by atoms with Crippen LogP contribution in [0.4, 0.5) is 0 Å². The Morgan fingerprint density at radius 2 is 1.78 bits per heavy atom. The zero-order chi connectivity index (χ0) is 19.2. The molecule has 0 radical (unpaired) electrons. The van der Waals surface area contributed by atoms with E-state index in [9.17, 15) is 9.90 Å². The highest BCUT2D eigenvalue weighted by atomic mass is 16.5. The van der Waals surface area contributed by atoms with E-state index in [4.69, 9.17) is 4.74 Å². The third kappa shape index (κ3) is 3.77. The van der Waals surface area contributed by atoms with Gasteiger partial charge in [-0.2, -0.15) is 5.10 Å². The Balaban J connectivity index is 2.15. The van der Waals surface area contributed by atoms with Crippen LogP contribution in [0.5, 0.6) is 0 Å². The fourth-order valence-corrected chi connectivity index (χ4v) is 3.05. The summed E-state index contributed by atoms with van der Waals surface area (Å²) in [6, 6.07) is 17.3. The van der Waals surface area contributed by atoms with E-state index in [-0.39, 0.29) is 12.3 Å². The molecule has 1 N–H and O–H groups in total. The first kappa shape index (κ1) is 18.5. The fraction of sp³-hybridized carbons (Fsp3) is 0.182. The Bertz CT molecular complexity index is 914. The molecule has 1 heterocycles. The van der Waals surface area contributed by atoms with Crippen LogP contribution in [0.1, 0.15) is 37.0 Å². The standard InChI is InChI=1S/C22H22N2O3/c1-3-10-19-17-13-8-9-14-18(17)21(20(22(25)26)24(19)23-4-2)27-15-16-11-6-5-7-12-16/h4-14H,3,15H2,1-2H3,(H,25,26)/b19-10+,23-4-. The van der Waals surface area contributed by atoms with Gasteiger partial charge in [0.1, 0.15) is 6.61 Å². The molecule has 0 aromatic heterocycles. The molecule has 138 valence electrons. The molecule has 5 heteroatoms. The molecule has 1 aliphatic rings. The molecule has 0 saturated carbocycles. The Labute approximate surface area is 158 Å². The van der Waals surface area contributed by atoms with Crippen molar-refractivity contribution in [3.8, 4) is 0 Å². The molecule has 5 nitrogen and oxygen atoms in total. The van der Waals surface area contributed by atoms with Crippen molar-refractivity contribution in [3.05, 3.63) is 83.1 Å². The van der Waals surface area contributed by atoms with Gasteiger partial charge in [0.05, 0.1) is 5.70 Å². The summed E-state index contributed by atoms with van der Waals surface area (Å²) in [5.41, 5.74) is 3.39. The van der Waals surface area contributed by atoms with E-state index < -0.39 is 5.97 Å². The van der Waals surface area contributed by atoms with Gasteiger partial charge in [0.15, 0.2) is 11.5 Å². The highest BCUT2D eigenvalue weighted by Gasteiger charge is 2.34. The highest BCUT2D eigenvalue weighted by molar-refractivity contribution is 6.00. The monoisotopic (exact) mass is 362 g/mol. The van der Waals surface area contributed by atoms with Gasteiger partial charge in [-0.3, -0.25) is 0 Å². The number of benzene rings is 2. The first-order valence-corrected chi connectivity index (χ1v) is 8.90. The number of ether oxygens (including phenoxy) is 1. The molecule has 0 bridgehead atoms. The van der Waals surface area contributed by atoms with Gasteiger partial charge in [0.2, 0.25) is 0 Å². The normalized spacial score (nSPS) is 15.3. The smallest absolute Gasteiger partial charge is 0.358 e. The molecule has 0 spiro atoms. The number of nitrogens with zero attached hydrogens (tertiary/aromatic N) is 2. The van der Waals surface area contributed by atoms with E-state index in [1.54, 1.807) is 13.1 Å². The summed E-state index contributed by atoms with van der Waals surface area (Å²) in [4.78, 5) is 12.1. The number of carbonyl (C=O) groups is 1. The SMILES string of the molecule is C/C=N\N1C(C(=O)O)=C(OCc2ccccc2)c2ccccc2/C1=C\CC. The number of hydrogen-bond donors (Lipinski definition) is 1. The number of rotatable bonds is 6. The van der Waals surface area contributed by atoms with Crippen molar-refractivity contribution in [2.45, 2.75) is 26.9 Å². The zero-order valence-electron chi connectivity index (χ0n) is 15.4. The maximum absolute atomic E-state index is 12.1. The molecule has 0 fully saturated rings. The van der Waals surface area contributed by atoms with Crippen molar-refractivity contribution in [2.75, 3.05) is 0 Å². The Morgan fingerprint density at radius 1 is 1.11 bits per heavy atom. The van der Waals surface area contributed by atoms with E-state index in [2.05, 4.69) is 5.10 Å². The molecular formula is C22H22N2O3. The van der Waals surface area contributed by atoms with Crippen molar-refractivity contribution in [1.29, 1.82) is 0 Å². The van der Waals surface area contributed by atoms with E-state index in [1.807, 2.05) is 67.6 Å². The van der Waals surface area contributed by atoms with Crippen molar-refractivity contribution in [3.63, 3.8) is 0 Å². The number of carboxylic acids is 1. The number of carboxylic acid groups (broad SMARTS) is 1. The Morgan fingerprint density at radius 3 is 2.41 bits per heavy atom. The maximum atomic E-state index is 12.1. The number of aliphatic carboxylic acids is 1. The van der Waals surface area contributed by atoms with Crippen LogP contribution >= 0.6 is 0 Å². The van der Waals surface area contributed by atoms with Crippen LogP contribution in [0.25, 0.3) is 11.5 Å². The first-order chi connectivity index (χ1) is 13.2. The van der Waals surface area contributed by atoms with Crippen molar-refractivity contribution in [2.24, 2.45) is 5.10 Å². The number of hydrogen-bond acceptors (Lipinski definition) is 4. The summed E-state index contributed by atoms with van der Waals surface area (Å²) in [6.07, 6.45) is 4.31. The highest BCUT2D eigenvalue weighted by Crippen LogP contribution is 2.40. The average Bonchev–Trinajstić information content (AvgIpc) is 2.69. The lowest BCUT2D eigenvalue weighted by atomic mass is 9.96. The van der Waals surface area contributed by atoms with Gasteiger partial charge < -0.3 is 9.84 Å². The minimum Gasteiger partial charge on any atom is -0.486 e. The molecule has 0 unspecified atom stereocenters. The van der Waals surface area contributed by atoms with Crippen LogP contribution in [0, 0.1) is 0 Å². The second kappa shape index (κ2) is 8.36. The maximum Gasteiger partial charge on any atom is 0.358 e. The third-order valence-electron chi connectivity index (χ3n) is 4.16. The van der Waals surface area contributed by atoms with Crippen LogP contribution in [-0.2, 0) is 16.1 Å². The molecule has 0 amide bonds. The molecule has 1 aliphatic heterocycles. The average molecular weight is 362 g/mol. The van der Waals surface area contributed by atoms with E-state index >= 15 is 0 Å². The molecule has 2 aromatic carbocycles. The molecular weight excluding hydrogens is 340 g/mol. The predicted molar refractivity (Wildman–Crippen MR) is 107 cm³/mol. The molecule has 0 aliphatic carbocycles. The summed E-state index contributed by atoms with van der Waals surface area (Å²) in [7, 11) is 0. The van der Waals surface area contributed by atoms with Crippen molar-refractivity contribution >= 4 is 23.6 Å². The van der Waals surface area contributed by atoms with Gasteiger partial charge >= 0.3 is 5.97 Å². The molecule has 0 saturated heterocycles. The lowest BCUT2D eigenvalue weighted by Crippen LogP contribution is -2.28. The third-order valence-corrected chi connectivity index (χ3v) is 4.16. The van der Waals surface area contributed by atoms with E-state index in [1.165, 1.54) is 5.01 Å². The van der Waals surface area contributed by atoms with Crippen LogP contribution in [0.2, 0.25) is 0 Å². The summed E-state index contributed by atoms with van der Waals surface area (Å²) in [5, 5.41) is 15.7. The number of allylic oxidation sites excluding steroid dienone is 1. The van der Waals surface area contributed by atoms with Gasteiger partial charge in [-0.05, 0) is 18.9 Å².